The lowest BCUT2D eigenvalue weighted by molar-refractivity contribution is 0.101. The molecule has 0 radical (unpaired) electrons. The van der Waals surface area contributed by atoms with Crippen molar-refractivity contribution < 1.29 is 14.3 Å². The van der Waals surface area contributed by atoms with Gasteiger partial charge in [0.15, 0.2) is 11.3 Å². The first-order valence-electron chi connectivity index (χ1n) is 9.02. The molecule has 4 aromatic rings. The Balaban J connectivity index is 1.70. The van der Waals surface area contributed by atoms with Gasteiger partial charge in [0, 0.05) is 16.7 Å². The zero-order valence-corrected chi connectivity index (χ0v) is 17.3. The summed E-state index contributed by atoms with van der Waals surface area (Å²) in [7, 11) is 3.07. The lowest BCUT2D eigenvalue weighted by atomic mass is 10.1. The molecule has 0 saturated carbocycles. The Morgan fingerprint density at radius 2 is 1.93 bits per heavy atom. The number of hydrogen-bond acceptors (Lipinski definition) is 6. The molecule has 0 fully saturated rings. The Bertz CT molecular complexity index is 1250. The highest BCUT2D eigenvalue weighted by molar-refractivity contribution is 6.30. The third-order valence-electron chi connectivity index (χ3n) is 4.65. The van der Waals surface area contributed by atoms with E-state index in [4.69, 9.17) is 21.1 Å². The van der Waals surface area contributed by atoms with Gasteiger partial charge in [-0.2, -0.15) is 5.10 Å². The average molecular weight is 424 g/mol. The molecular formula is C21H18ClN5O3. The maximum absolute atomic E-state index is 12.9. The maximum Gasteiger partial charge on any atom is 0.278 e. The van der Waals surface area contributed by atoms with Gasteiger partial charge >= 0.3 is 0 Å². The zero-order valence-electron chi connectivity index (χ0n) is 16.5. The summed E-state index contributed by atoms with van der Waals surface area (Å²) in [6, 6.07) is 12.5. The van der Waals surface area contributed by atoms with Crippen LogP contribution in [0.5, 0.6) is 11.5 Å². The van der Waals surface area contributed by atoms with Crippen LogP contribution in [0.25, 0.3) is 16.8 Å². The SMILES string of the molecule is COc1ccc(OC)c(NC(=O)c2nnc3c(-c4cccc(Cl)c4)cnn3c2C)c1. The highest BCUT2D eigenvalue weighted by atomic mass is 35.5. The van der Waals surface area contributed by atoms with Crippen molar-refractivity contribution in [2.45, 2.75) is 6.92 Å². The third kappa shape index (κ3) is 3.53. The van der Waals surface area contributed by atoms with E-state index in [0.717, 1.165) is 11.1 Å². The van der Waals surface area contributed by atoms with Crippen LogP contribution in [0.4, 0.5) is 5.69 Å². The van der Waals surface area contributed by atoms with Crippen LogP contribution < -0.4 is 14.8 Å². The summed E-state index contributed by atoms with van der Waals surface area (Å²) < 4.78 is 12.1. The second-order valence-corrected chi connectivity index (χ2v) is 6.89. The fraction of sp³-hybridized carbons (Fsp3) is 0.143. The van der Waals surface area contributed by atoms with Crippen molar-refractivity contribution in [3.8, 4) is 22.6 Å². The molecule has 0 unspecified atom stereocenters. The van der Waals surface area contributed by atoms with Gasteiger partial charge in [-0.15, -0.1) is 10.2 Å². The molecule has 30 heavy (non-hydrogen) atoms. The first-order chi connectivity index (χ1) is 14.5. The van der Waals surface area contributed by atoms with E-state index >= 15 is 0 Å². The summed E-state index contributed by atoms with van der Waals surface area (Å²) >= 11 is 6.10. The van der Waals surface area contributed by atoms with Crippen molar-refractivity contribution in [2.24, 2.45) is 0 Å². The Labute approximate surface area is 177 Å². The number of methoxy groups -OCH3 is 2. The van der Waals surface area contributed by atoms with Crippen molar-refractivity contribution in [3.63, 3.8) is 0 Å². The van der Waals surface area contributed by atoms with E-state index in [2.05, 4.69) is 20.6 Å². The number of benzene rings is 2. The number of amides is 1. The lowest BCUT2D eigenvalue weighted by Crippen LogP contribution is -2.19. The van der Waals surface area contributed by atoms with Gasteiger partial charge in [0.05, 0.1) is 31.8 Å². The molecule has 9 heteroatoms. The number of aryl methyl sites for hydroxylation is 1. The minimum atomic E-state index is -0.437. The molecule has 8 nitrogen and oxygen atoms in total. The normalized spacial score (nSPS) is 10.8. The standard InChI is InChI=1S/C21H18ClN5O3/c1-12-19(21(28)24-17-10-15(29-2)7-8-18(17)30-3)25-26-20-16(11-23-27(12)20)13-5-4-6-14(22)9-13/h4-11H,1-3H3,(H,24,28). The van der Waals surface area contributed by atoms with Crippen LogP contribution in [0.1, 0.15) is 16.2 Å². The molecule has 1 N–H and O–H groups in total. The molecule has 1 amide bonds. The first kappa shape index (κ1) is 19.7. The molecule has 0 atom stereocenters. The van der Waals surface area contributed by atoms with Gasteiger partial charge in [0.2, 0.25) is 0 Å². The van der Waals surface area contributed by atoms with Gasteiger partial charge < -0.3 is 14.8 Å². The average Bonchev–Trinajstić information content (AvgIpc) is 3.19. The van der Waals surface area contributed by atoms with Crippen LogP contribution in [0.2, 0.25) is 5.02 Å². The summed E-state index contributed by atoms with van der Waals surface area (Å²) in [6.45, 7) is 1.76. The second kappa shape index (κ2) is 8.00. The van der Waals surface area contributed by atoms with Crippen molar-refractivity contribution in [1.29, 1.82) is 0 Å². The van der Waals surface area contributed by atoms with E-state index in [1.165, 1.54) is 7.11 Å². The van der Waals surface area contributed by atoms with Gasteiger partial charge in [-0.3, -0.25) is 4.79 Å². The van der Waals surface area contributed by atoms with Crippen LogP contribution in [0, 0.1) is 6.92 Å². The molecule has 0 saturated heterocycles. The maximum atomic E-state index is 12.9. The zero-order chi connectivity index (χ0) is 21.3. The van der Waals surface area contributed by atoms with E-state index in [9.17, 15) is 4.79 Å². The molecular weight excluding hydrogens is 406 g/mol. The smallest absolute Gasteiger partial charge is 0.278 e. The summed E-state index contributed by atoms with van der Waals surface area (Å²) in [5, 5.41) is 16.2. The number of anilines is 1. The number of nitrogens with zero attached hydrogens (tertiary/aromatic N) is 4. The molecule has 2 aromatic carbocycles. The van der Waals surface area contributed by atoms with Gasteiger partial charge in [-0.05, 0) is 36.8 Å². The number of ether oxygens (including phenoxy) is 2. The van der Waals surface area contributed by atoms with E-state index in [1.54, 1.807) is 49.0 Å². The number of nitrogens with one attached hydrogen (secondary N) is 1. The minimum absolute atomic E-state index is 0.146. The molecule has 152 valence electrons. The van der Waals surface area contributed by atoms with E-state index in [1.807, 2.05) is 18.2 Å². The summed E-state index contributed by atoms with van der Waals surface area (Å²) in [6.07, 6.45) is 1.68. The van der Waals surface area contributed by atoms with E-state index in [0.29, 0.717) is 33.6 Å². The van der Waals surface area contributed by atoms with Crippen LogP contribution in [0.15, 0.2) is 48.7 Å². The number of carbonyl (C=O) groups excluding carboxylic acids is 1. The highest BCUT2D eigenvalue weighted by Gasteiger charge is 2.19. The molecule has 0 aliphatic rings. The van der Waals surface area contributed by atoms with Crippen LogP contribution in [-0.4, -0.2) is 39.9 Å². The molecule has 2 aromatic heterocycles. The fourth-order valence-electron chi connectivity index (χ4n) is 3.12. The number of hydrogen-bond donors (Lipinski definition) is 1. The van der Waals surface area contributed by atoms with Gasteiger partial charge in [-0.1, -0.05) is 23.7 Å². The van der Waals surface area contributed by atoms with E-state index in [-0.39, 0.29) is 5.69 Å². The number of carbonyl (C=O) groups is 1. The topological polar surface area (TPSA) is 90.6 Å². The largest absolute Gasteiger partial charge is 0.497 e. The number of aromatic nitrogens is 4. The summed E-state index contributed by atoms with van der Waals surface area (Å²) in [5.41, 5.74) is 3.33. The monoisotopic (exact) mass is 423 g/mol. The van der Waals surface area contributed by atoms with Gasteiger partial charge in [-0.25, -0.2) is 4.52 Å². The summed E-state index contributed by atoms with van der Waals surface area (Å²) in [4.78, 5) is 12.9. The Hall–Kier alpha value is -3.65. The molecule has 0 aliphatic heterocycles. The minimum Gasteiger partial charge on any atom is -0.497 e. The van der Waals surface area contributed by atoms with Crippen LogP contribution in [-0.2, 0) is 0 Å². The first-order valence-corrected chi connectivity index (χ1v) is 9.40. The Morgan fingerprint density at radius 3 is 2.67 bits per heavy atom. The van der Waals surface area contributed by atoms with Crippen molar-refractivity contribution in [1.82, 2.24) is 19.8 Å². The molecule has 0 bridgehead atoms. The molecule has 0 spiro atoms. The number of rotatable bonds is 5. The quantitative estimate of drug-likeness (QED) is 0.521. The predicted octanol–water partition coefficient (Wildman–Crippen LogP) is 4.02. The lowest BCUT2D eigenvalue weighted by Gasteiger charge is -2.12. The van der Waals surface area contributed by atoms with Crippen molar-refractivity contribution in [2.75, 3.05) is 19.5 Å². The Kier molecular flexibility index (Phi) is 5.24. The number of halogens is 1. The molecule has 0 aliphatic carbocycles. The number of fused-ring (bicyclic) bond motifs is 1. The van der Waals surface area contributed by atoms with Crippen LogP contribution in [0.3, 0.4) is 0 Å². The highest BCUT2D eigenvalue weighted by Crippen LogP contribution is 2.30. The van der Waals surface area contributed by atoms with Crippen molar-refractivity contribution in [3.05, 3.63) is 65.1 Å². The van der Waals surface area contributed by atoms with Gasteiger partial charge in [0.25, 0.3) is 5.91 Å². The van der Waals surface area contributed by atoms with Crippen LogP contribution >= 0.6 is 11.6 Å². The molecule has 4 rings (SSSR count). The molecule has 2 heterocycles. The third-order valence-corrected chi connectivity index (χ3v) is 4.89. The Morgan fingerprint density at radius 1 is 1.10 bits per heavy atom. The van der Waals surface area contributed by atoms with E-state index < -0.39 is 5.91 Å². The second-order valence-electron chi connectivity index (χ2n) is 6.46. The predicted molar refractivity (Wildman–Crippen MR) is 113 cm³/mol. The fourth-order valence-corrected chi connectivity index (χ4v) is 3.31. The van der Waals surface area contributed by atoms with Gasteiger partial charge in [0.1, 0.15) is 11.5 Å². The summed E-state index contributed by atoms with van der Waals surface area (Å²) in [5.74, 6) is 0.647. The van der Waals surface area contributed by atoms with Crippen molar-refractivity contribution >= 4 is 28.8 Å².